The Bertz CT molecular complexity index is 1230. The second-order valence-electron chi connectivity index (χ2n) is 7.24. The van der Waals surface area contributed by atoms with Crippen LogP contribution in [0.15, 0.2) is 39.5 Å². The van der Waals surface area contributed by atoms with E-state index in [-0.39, 0.29) is 16.7 Å². The van der Waals surface area contributed by atoms with Crippen LogP contribution in [0.5, 0.6) is 11.5 Å². The van der Waals surface area contributed by atoms with Crippen LogP contribution in [0.4, 0.5) is 0 Å². The van der Waals surface area contributed by atoms with Crippen molar-refractivity contribution in [3.8, 4) is 11.5 Å². The number of hydrogen-bond acceptors (Lipinski definition) is 10. The molecule has 170 valence electrons. The lowest BCUT2D eigenvalue weighted by Crippen LogP contribution is -2.60. The van der Waals surface area contributed by atoms with E-state index in [1.165, 1.54) is 25.3 Å². The van der Waals surface area contributed by atoms with E-state index in [0.29, 0.717) is 16.5 Å². The average Bonchev–Trinajstić information content (AvgIpc) is 2.78. The molecule has 0 saturated carbocycles. The van der Waals surface area contributed by atoms with Gasteiger partial charge in [0.1, 0.15) is 41.5 Å². The molecule has 1 aliphatic heterocycles. The van der Waals surface area contributed by atoms with E-state index in [2.05, 4.69) is 0 Å². The second kappa shape index (κ2) is 8.37. The molecule has 1 fully saturated rings. The Morgan fingerprint density at radius 2 is 1.75 bits per heavy atom. The molecule has 4 rings (SSSR count). The molecule has 0 unspecified atom stereocenters. The lowest BCUT2D eigenvalue weighted by molar-refractivity contribution is -0.277. The molecule has 1 aromatic heterocycles. The fourth-order valence-electron chi connectivity index (χ4n) is 3.67. The van der Waals surface area contributed by atoms with E-state index >= 15 is 0 Å². The van der Waals surface area contributed by atoms with E-state index in [1.807, 2.05) is 0 Å². The number of aliphatic hydroxyl groups excluding tert-OH is 4. The standard InChI is InChI=1S/C21H20O11/c1-29-8-2-3-10-11(6-8)9-4-5-12(14(19(26)27)18(9)32-20(10)28)30-21-17(25)16(24)15(23)13(7-22)31-21/h2-6,13,15-17,21-25H,7H2,1H3,(H,26,27)/t13-,15-,16+,17-,21-/m1/s1. The molecule has 1 saturated heterocycles. The zero-order valence-corrected chi connectivity index (χ0v) is 16.7. The first kappa shape index (κ1) is 22.0. The number of ether oxygens (including phenoxy) is 3. The number of carbonyl (C=O) groups is 1. The second-order valence-corrected chi connectivity index (χ2v) is 7.24. The highest BCUT2D eigenvalue weighted by atomic mass is 16.7. The molecule has 0 amide bonds. The zero-order chi connectivity index (χ0) is 23.2. The van der Waals surface area contributed by atoms with Crippen LogP contribution in [0.3, 0.4) is 0 Å². The monoisotopic (exact) mass is 448 g/mol. The van der Waals surface area contributed by atoms with Gasteiger partial charge in [0, 0.05) is 10.8 Å². The van der Waals surface area contributed by atoms with Crippen LogP contribution in [0.25, 0.3) is 21.7 Å². The third kappa shape index (κ3) is 3.55. The topological polar surface area (TPSA) is 176 Å². The summed E-state index contributed by atoms with van der Waals surface area (Å²) >= 11 is 0. The van der Waals surface area contributed by atoms with Gasteiger partial charge in [0.25, 0.3) is 0 Å². The highest BCUT2D eigenvalue weighted by molar-refractivity contribution is 6.12. The minimum absolute atomic E-state index is 0.220. The first-order chi connectivity index (χ1) is 15.3. The minimum Gasteiger partial charge on any atom is -0.497 e. The summed E-state index contributed by atoms with van der Waals surface area (Å²) in [6, 6.07) is 7.38. The quantitative estimate of drug-likeness (QED) is 0.259. The van der Waals surface area contributed by atoms with E-state index < -0.39 is 54.5 Å². The molecule has 5 N–H and O–H groups in total. The summed E-state index contributed by atoms with van der Waals surface area (Å²) < 4.78 is 21.2. The molecule has 32 heavy (non-hydrogen) atoms. The van der Waals surface area contributed by atoms with Crippen molar-refractivity contribution in [2.45, 2.75) is 30.7 Å². The molecule has 0 aliphatic carbocycles. The molecule has 3 aromatic rings. The summed E-state index contributed by atoms with van der Waals surface area (Å²) in [5.74, 6) is -1.36. The number of aromatic carboxylic acids is 1. The number of carboxylic acids is 1. The molecule has 5 atom stereocenters. The van der Waals surface area contributed by atoms with Gasteiger partial charge in [0.2, 0.25) is 6.29 Å². The summed E-state index contributed by atoms with van der Waals surface area (Å²) in [6.07, 6.45) is -7.94. The van der Waals surface area contributed by atoms with E-state index in [4.69, 9.17) is 18.6 Å². The highest BCUT2D eigenvalue weighted by Crippen LogP contribution is 2.34. The van der Waals surface area contributed by atoms with Crippen LogP contribution < -0.4 is 15.1 Å². The maximum Gasteiger partial charge on any atom is 0.344 e. The van der Waals surface area contributed by atoms with Crippen molar-refractivity contribution in [1.29, 1.82) is 0 Å². The van der Waals surface area contributed by atoms with Gasteiger partial charge in [-0.1, -0.05) is 0 Å². The number of rotatable bonds is 5. The third-order valence-electron chi connectivity index (χ3n) is 5.36. The van der Waals surface area contributed by atoms with Crippen LogP contribution >= 0.6 is 0 Å². The fraction of sp³-hybridized carbons (Fsp3) is 0.333. The predicted molar refractivity (Wildman–Crippen MR) is 108 cm³/mol. The molecule has 0 radical (unpaired) electrons. The summed E-state index contributed by atoms with van der Waals surface area (Å²) in [5, 5.41) is 50.1. The van der Waals surface area contributed by atoms with Gasteiger partial charge in [-0.3, -0.25) is 0 Å². The number of methoxy groups -OCH3 is 1. The number of aliphatic hydroxyl groups is 4. The maximum absolute atomic E-state index is 12.5. The normalized spacial score (nSPS) is 25.7. The Balaban J connectivity index is 1.86. The number of carboxylic acid groups (broad SMARTS) is 1. The van der Waals surface area contributed by atoms with Crippen LogP contribution in [0.2, 0.25) is 0 Å². The maximum atomic E-state index is 12.5. The molecule has 11 nitrogen and oxygen atoms in total. The van der Waals surface area contributed by atoms with Gasteiger partial charge in [0.15, 0.2) is 5.58 Å². The van der Waals surface area contributed by atoms with Gasteiger partial charge in [-0.2, -0.15) is 0 Å². The fourth-order valence-corrected chi connectivity index (χ4v) is 3.67. The zero-order valence-electron chi connectivity index (χ0n) is 16.7. The van der Waals surface area contributed by atoms with Crippen LogP contribution in [-0.4, -0.2) is 75.9 Å². The summed E-state index contributed by atoms with van der Waals surface area (Å²) in [6.45, 7) is -0.684. The van der Waals surface area contributed by atoms with Crippen molar-refractivity contribution in [2.24, 2.45) is 0 Å². The van der Waals surface area contributed by atoms with Gasteiger partial charge in [-0.05, 0) is 30.3 Å². The Hall–Kier alpha value is -3.22. The Morgan fingerprint density at radius 3 is 2.41 bits per heavy atom. The van der Waals surface area contributed by atoms with Crippen molar-refractivity contribution in [2.75, 3.05) is 13.7 Å². The Kier molecular flexibility index (Phi) is 5.75. The van der Waals surface area contributed by atoms with Gasteiger partial charge in [-0.25, -0.2) is 9.59 Å². The van der Waals surface area contributed by atoms with Gasteiger partial charge in [0.05, 0.1) is 19.1 Å². The molecule has 0 spiro atoms. The predicted octanol–water partition coefficient (Wildman–Crippen LogP) is -0.168. The SMILES string of the molecule is COc1ccc2c(=O)oc3c(C(=O)O)c(O[C@@H]4O[C@H](CO)[C@@H](O)[C@H](O)[C@H]4O)ccc3c2c1. The van der Waals surface area contributed by atoms with Crippen molar-refractivity contribution >= 4 is 27.7 Å². The lowest BCUT2D eigenvalue weighted by Gasteiger charge is -2.39. The summed E-state index contributed by atoms with van der Waals surface area (Å²) in [4.78, 5) is 24.6. The largest absolute Gasteiger partial charge is 0.497 e. The molecule has 0 bridgehead atoms. The van der Waals surface area contributed by atoms with Crippen LogP contribution in [0.1, 0.15) is 10.4 Å². The lowest BCUT2D eigenvalue weighted by atomic mass is 9.99. The average molecular weight is 448 g/mol. The van der Waals surface area contributed by atoms with E-state index in [0.717, 1.165) is 0 Å². The summed E-state index contributed by atoms with van der Waals surface area (Å²) in [7, 11) is 1.45. The van der Waals surface area contributed by atoms with Crippen LogP contribution in [-0.2, 0) is 4.74 Å². The summed E-state index contributed by atoms with van der Waals surface area (Å²) in [5.41, 5.74) is -1.56. The molecule has 2 aromatic carbocycles. The van der Waals surface area contributed by atoms with Crippen molar-refractivity contribution in [3.05, 3.63) is 46.3 Å². The third-order valence-corrected chi connectivity index (χ3v) is 5.36. The van der Waals surface area contributed by atoms with Crippen molar-refractivity contribution < 1.29 is 49.0 Å². The minimum atomic E-state index is -1.75. The Morgan fingerprint density at radius 1 is 1.03 bits per heavy atom. The van der Waals surface area contributed by atoms with Crippen LogP contribution in [0, 0.1) is 0 Å². The van der Waals surface area contributed by atoms with Crippen molar-refractivity contribution in [1.82, 2.24) is 0 Å². The Labute approximate surface area is 179 Å². The molecular weight excluding hydrogens is 428 g/mol. The van der Waals surface area contributed by atoms with Gasteiger partial charge < -0.3 is 44.2 Å². The van der Waals surface area contributed by atoms with E-state index in [1.54, 1.807) is 12.1 Å². The van der Waals surface area contributed by atoms with Gasteiger partial charge in [-0.15, -0.1) is 0 Å². The van der Waals surface area contributed by atoms with Gasteiger partial charge >= 0.3 is 11.6 Å². The molecular formula is C21H20O11. The highest BCUT2D eigenvalue weighted by Gasteiger charge is 2.45. The van der Waals surface area contributed by atoms with E-state index in [9.17, 15) is 35.1 Å². The molecule has 11 heteroatoms. The molecule has 2 heterocycles. The smallest absolute Gasteiger partial charge is 0.344 e. The molecule has 1 aliphatic rings. The first-order valence-electron chi connectivity index (χ1n) is 9.54. The number of hydrogen-bond donors (Lipinski definition) is 5. The van der Waals surface area contributed by atoms with Crippen molar-refractivity contribution in [3.63, 3.8) is 0 Å². The first-order valence-corrected chi connectivity index (χ1v) is 9.54. The number of fused-ring (bicyclic) bond motifs is 3. The number of benzene rings is 2.